The maximum Gasteiger partial charge on any atom is 0.228 e. The summed E-state index contributed by atoms with van der Waals surface area (Å²) in [7, 11) is 1.60. The molecule has 1 aromatic carbocycles. The third kappa shape index (κ3) is 3.41. The molecule has 0 aromatic heterocycles. The summed E-state index contributed by atoms with van der Waals surface area (Å²) in [5.74, 6) is -0.198. The van der Waals surface area contributed by atoms with E-state index in [1.54, 1.807) is 31.4 Å². The third-order valence-electron chi connectivity index (χ3n) is 5.45. The number of amides is 2. The number of anilines is 1. The summed E-state index contributed by atoms with van der Waals surface area (Å²) in [5, 5.41) is 2.88. The molecule has 1 aliphatic carbocycles. The third-order valence-corrected chi connectivity index (χ3v) is 5.45. The highest BCUT2D eigenvalue weighted by atomic mass is 16.7. The van der Waals surface area contributed by atoms with Crippen LogP contribution in [0.5, 0.6) is 5.75 Å². The number of methoxy groups -OCH3 is 1. The van der Waals surface area contributed by atoms with Gasteiger partial charge in [-0.25, -0.2) is 0 Å². The molecule has 4 rings (SSSR count). The van der Waals surface area contributed by atoms with Crippen molar-refractivity contribution in [3.05, 3.63) is 24.3 Å². The van der Waals surface area contributed by atoms with Crippen LogP contribution in [-0.4, -0.2) is 55.9 Å². The zero-order valence-corrected chi connectivity index (χ0v) is 14.9. The molecule has 1 spiro atoms. The molecule has 2 aliphatic heterocycles. The molecule has 7 heteroatoms. The molecule has 3 aliphatic rings. The van der Waals surface area contributed by atoms with Crippen molar-refractivity contribution in [1.82, 2.24) is 4.90 Å². The van der Waals surface area contributed by atoms with E-state index in [1.165, 1.54) is 0 Å². The molecule has 1 N–H and O–H groups in total. The number of carbonyl (C=O) groups is 2. The molecule has 2 saturated heterocycles. The first-order valence-electron chi connectivity index (χ1n) is 9.12. The Hall–Kier alpha value is -2.12. The average Bonchev–Trinajstić information content (AvgIpc) is 3.36. The van der Waals surface area contributed by atoms with Gasteiger partial charge in [-0.2, -0.15) is 0 Å². The van der Waals surface area contributed by atoms with E-state index in [0.29, 0.717) is 51.3 Å². The summed E-state index contributed by atoms with van der Waals surface area (Å²) in [6, 6.07) is 7.17. The van der Waals surface area contributed by atoms with Gasteiger partial charge in [-0.05, 0) is 30.7 Å². The Morgan fingerprint density at radius 2 is 1.77 bits per heavy atom. The van der Waals surface area contributed by atoms with Crippen molar-refractivity contribution in [3.8, 4) is 5.75 Å². The van der Waals surface area contributed by atoms with Crippen LogP contribution in [0.15, 0.2) is 24.3 Å². The molecule has 0 bridgehead atoms. The van der Waals surface area contributed by atoms with Gasteiger partial charge in [-0.1, -0.05) is 0 Å². The van der Waals surface area contributed by atoms with Crippen molar-refractivity contribution in [2.45, 2.75) is 25.0 Å². The Morgan fingerprint density at radius 3 is 2.38 bits per heavy atom. The van der Waals surface area contributed by atoms with E-state index in [1.807, 2.05) is 4.90 Å². The molecular formula is C19H24N2O5. The number of hydrogen-bond donors (Lipinski definition) is 1. The van der Waals surface area contributed by atoms with Crippen molar-refractivity contribution in [2.24, 2.45) is 11.8 Å². The fraction of sp³-hybridized carbons (Fsp3) is 0.579. The van der Waals surface area contributed by atoms with Crippen LogP contribution >= 0.6 is 0 Å². The molecule has 2 atom stereocenters. The van der Waals surface area contributed by atoms with Gasteiger partial charge in [-0.3, -0.25) is 9.59 Å². The summed E-state index contributed by atoms with van der Waals surface area (Å²) in [4.78, 5) is 26.9. The van der Waals surface area contributed by atoms with Crippen molar-refractivity contribution in [2.75, 3.05) is 38.7 Å². The number of nitrogens with one attached hydrogen (secondary N) is 1. The maximum atomic E-state index is 12.7. The fourth-order valence-corrected chi connectivity index (χ4v) is 3.75. The number of nitrogens with zero attached hydrogens (tertiary/aromatic N) is 1. The van der Waals surface area contributed by atoms with Gasteiger partial charge in [0.15, 0.2) is 5.79 Å². The van der Waals surface area contributed by atoms with E-state index in [-0.39, 0.29) is 23.7 Å². The summed E-state index contributed by atoms with van der Waals surface area (Å²) in [6.45, 7) is 2.51. The lowest BCUT2D eigenvalue weighted by Gasteiger charge is -2.37. The van der Waals surface area contributed by atoms with Crippen LogP contribution in [0.25, 0.3) is 0 Å². The van der Waals surface area contributed by atoms with Crippen LogP contribution in [0.1, 0.15) is 19.3 Å². The van der Waals surface area contributed by atoms with Crippen LogP contribution in [0.4, 0.5) is 5.69 Å². The molecule has 7 nitrogen and oxygen atoms in total. The van der Waals surface area contributed by atoms with Crippen LogP contribution in [0.3, 0.4) is 0 Å². The molecule has 2 heterocycles. The van der Waals surface area contributed by atoms with Crippen molar-refractivity contribution >= 4 is 17.5 Å². The quantitative estimate of drug-likeness (QED) is 0.883. The Morgan fingerprint density at radius 1 is 1.12 bits per heavy atom. The minimum atomic E-state index is -0.481. The van der Waals surface area contributed by atoms with E-state index >= 15 is 0 Å². The van der Waals surface area contributed by atoms with Crippen LogP contribution < -0.4 is 10.1 Å². The Kier molecular flexibility index (Phi) is 4.58. The van der Waals surface area contributed by atoms with E-state index < -0.39 is 5.79 Å². The number of likely N-dealkylation sites (tertiary alicyclic amines) is 1. The van der Waals surface area contributed by atoms with E-state index in [4.69, 9.17) is 14.2 Å². The van der Waals surface area contributed by atoms with Gasteiger partial charge in [0.05, 0.1) is 32.2 Å². The summed E-state index contributed by atoms with van der Waals surface area (Å²) in [6.07, 6.45) is 2.03. The predicted octanol–water partition coefficient (Wildman–Crippen LogP) is 1.64. The molecule has 1 saturated carbocycles. The first kappa shape index (κ1) is 17.3. The molecule has 26 heavy (non-hydrogen) atoms. The summed E-state index contributed by atoms with van der Waals surface area (Å²) < 4.78 is 16.5. The average molecular weight is 360 g/mol. The normalized spacial score (nSPS) is 26.6. The lowest BCUT2D eigenvalue weighted by molar-refractivity contribution is -0.187. The maximum absolute atomic E-state index is 12.7. The minimum absolute atomic E-state index is 0.0766. The smallest absolute Gasteiger partial charge is 0.228 e. The number of carbonyl (C=O) groups excluding carboxylic acids is 2. The number of hydrogen-bond acceptors (Lipinski definition) is 5. The topological polar surface area (TPSA) is 77.1 Å². The van der Waals surface area contributed by atoms with E-state index in [0.717, 1.165) is 5.75 Å². The fourth-order valence-electron chi connectivity index (χ4n) is 3.75. The Labute approximate surface area is 152 Å². The van der Waals surface area contributed by atoms with Gasteiger partial charge < -0.3 is 24.4 Å². The summed E-state index contributed by atoms with van der Waals surface area (Å²) in [5.41, 5.74) is 0.712. The highest BCUT2D eigenvalue weighted by Crippen LogP contribution is 2.42. The zero-order valence-electron chi connectivity index (χ0n) is 14.9. The standard InChI is InChI=1S/C19H24N2O5/c1-24-14-4-2-13(3-5-14)20-17(22)15-12-16(15)18(23)21-8-6-19(7-9-21)25-10-11-26-19/h2-5,15-16H,6-12H2,1H3,(H,20,22). The Bertz CT molecular complexity index is 674. The lowest BCUT2D eigenvalue weighted by atomic mass is 10.0. The monoisotopic (exact) mass is 360 g/mol. The number of ether oxygens (including phenoxy) is 3. The van der Waals surface area contributed by atoms with Gasteiger partial charge in [0.1, 0.15) is 5.75 Å². The lowest BCUT2D eigenvalue weighted by Crippen LogP contribution is -2.48. The minimum Gasteiger partial charge on any atom is -0.497 e. The highest BCUT2D eigenvalue weighted by molar-refractivity contribution is 5.99. The van der Waals surface area contributed by atoms with Gasteiger partial charge in [-0.15, -0.1) is 0 Å². The molecule has 0 radical (unpaired) electrons. The number of benzene rings is 1. The molecule has 2 unspecified atom stereocenters. The van der Waals surface area contributed by atoms with E-state index in [2.05, 4.69) is 5.32 Å². The summed E-state index contributed by atoms with van der Waals surface area (Å²) >= 11 is 0. The SMILES string of the molecule is COc1ccc(NC(=O)C2CC2C(=O)N2CCC3(CC2)OCCO3)cc1. The largest absolute Gasteiger partial charge is 0.497 e. The molecule has 140 valence electrons. The Balaban J connectivity index is 1.27. The second-order valence-electron chi connectivity index (χ2n) is 7.10. The predicted molar refractivity (Wildman–Crippen MR) is 93.7 cm³/mol. The van der Waals surface area contributed by atoms with Crippen molar-refractivity contribution < 1.29 is 23.8 Å². The second kappa shape index (κ2) is 6.89. The van der Waals surface area contributed by atoms with Crippen LogP contribution in [0.2, 0.25) is 0 Å². The highest BCUT2D eigenvalue weighted by Gasteiger charge is 2.51. The second-order valence-corrected chi connectivity index (χ2v) is 7.10. The first-order chi connectivity index (χ1) is 12.6. The molecule has 2 amide bonds. The van der Waals surface area contributed by atoms with Gasteiger partial charge in [0.2, 0.25) is 11.8 Å². The molecule has 3 fully saturated rings. The first-order valence-corrected chi connectivity index (χ1v) is 9.12. The van der Waals surface area contributed by atoms with Crippen molar-refractivity contribution in [1.29, 1.82) is 0 Å². The zero-order chi connectivity index (χ0) is 18.1. The molecular weight excluding hydrogens is 336 g/mol. The van der Waals surface area contributed by atoms with Crippen LogP contribution in [-0.2, 0) is 19.1 Å². The number of piperidine rings is 1. The van der Waals surface area contributed by atoms with E-state index in [9.17, 15) is 9.59 Å². The van der Waals surface area contributed by atoms with Crippen LogP contribution in [0, 0.1) is 11.8 Å². The molecule has 1 aromatic rings. The van der Waals surface area contributed by atoms with Gasteiger partial charge in [0, 0.05) is 31.6 Å². The van der Waals surface area contributed by atoms with Gasteiger partial charge >= 0.3 is 0 Å². The van der Waals surface area contributed by atoms with Gasteiger partial charge in [0.25, 0.3) is 0 Å². The number of rotatable bonds is 4. The van der Waals surface area contributed by atoms with Crippen molar-refractivity contribution in [3.63, 3.8) is 0 Å².